The van der Waals surface area contributed by atoms with Gasteiger partial charge in [0.15, 0.2) is 11.4 Å². The number of benzene rings is 1. The number of carbonyl (C=O) groups is 6. The maximum Gasteiger partial charge on any atom is 0.277 e. The third-order valence-electron chi connectivity index (χ3n) is 9.57. The molecule has 1 unspecified atom stereocenters. The Balaban J connectivity index is 0.804. The average Bonchev–Trinajstić information content (AvgIpc) is 3.64. The summed E-state index contributed by atoms with van der Waals surface area (Å²) in [5.74, 6) is 8.93. The first kappa shape index (κ1) is 40.1. The number of carbonyl (C=O) groups excluding carboxylic acids is 6. The molecule has 1 atom stereocenters. The van der Waals surface area contributed by atoms with Crippen molar-refractivity contribution in [2.45, 2.75) is 51.1 Å². The molecule has 5 heterocycles. The van der Waals surface area contributed by atoms with Gasteiger partial charge in [-0.2, -0.15) is 5.10 Å². The summed E-state index contributed by atoms with van der Waals surface area (Å²) in [5, 5.41) is 12.2. The molecule has 1 aliphatic carbocycles. The highest BCUT2D eigenvalue weighted by molar-refractivity contribution is 6.24. The molecule has 302 valence electrons. The highest BCUT2D eigenvalue weighted by atomic mass is 16.5. The van der Waals surface area contributed by atoms with Crippen LogP contribution in [-0.2, 0) is 32.0 Å². The minimum Gasteiger partial charge on any atom is -0.444 e. The summed E-state index contributed by atoms with van der Waals surface area (Å²) in [6, 6.07) is 7.55. The quantitative estimate of drug-likeness (QED) is 0.0681. The van der Waals surface area contributed by atoms with E-state index < -0.39 is 41.5 Å². The lowest BCUT2D eigenvalue weighted by Crippen LogP contribution is -2.54. The van der Waals surface area contributed by atoms with Gasteiger partial charge in [0.05, 0.1) is 36.2 Å². The summed E-state index contributed by atoms with van der Waals surface area (Å²) in [7, 11) is 0. The lowest BCUT2D eigenvalue weighted by Gasteiger charge is -2.27. The molecule has 4 aromatic rings. The van der Waals surface area contributed by atoms with E-state index in [0.29, 0.717) is 48.9 Å². The Morgan fingerprint density at radius 2 is 1.85 bits per heavy atom. The van der Waals surface area contributed by atoms with E-state index in [2.05, 4.69) is 54.7 Å². The Bertz CT molecular complexity index is 2430. The van der Waals surface area contributed by atoms with Crippen LogP contribution in [0.2, 0.25) is 0 Å². The maximum atomic E-state index is 13.2. The van der Waals surface area contributed by atoms with Crippen molar-refractivity contribution >= 4 is 46.9 Å². The van der Waals surface area contributed by atoms with Crippen LogP contribution in [0.1, 0.15) is 79.4 Å². The number of aryl methyl sites for hydroxylation is 1. The number of piperidine rings is 1. The number of rotatable bonds is 17. The first-order valence-corrected chi connectivity index (χ1v) is 19.0. The van der Waals surface area contributed by atoms with Gasteiger partial charge in [-0.15, -0.1) is 0 Å². The molecule has 3 aliphatic rings. The van der Waals surface area contributed by atoms with E-state index in [1.807, 2.05) is 0 Å². The topological polar surface area (TPSA) is 243 Å². The predicted octanol–water partition coefficient (Wildman–Crippen LogP) is 2.18. The summed E-state index contributed by atoms with van der Waals surface area (Å²) in [5.41, 5.74) is 7.28. The Morgan fingerprint density at radius 3 is 2.66 bits per heavy atom. The van der Waals surface area contributed by atoms with Crippen LogP contribution in [0.5, 0.6) is 0 Å². The van der Waals surface area contributed by atoms with Gasteiger partial charge in [-0.1, -0.05) is 24.0 Å². The monoisotopic (exact) mass is 801 g/mol. The van der Waals surface area contributed by atoms with Crippen molar-refractivity contribution < 1.29 is 42.7 Å². The number of anilines is 2. The van der Waals surface area contributed by atoms with Gasteiger partial charge in [-0.25, -0.2) is 9.97 Å². The third kappa shape index (κ3) is 9.88. The summed E-state index contributed by atoms with van der Waals surface area (Å²) in [4.78, 5) is 84.8. The van der Waals surface area contributed by atoms with E-state index in [-0.39, 0.29) is 66.7 Å². The van der Waals surface area contributed by atoms with Crippen molar-refractivity contribution in [1.82, 2.24) is 30.0 Å². The number of nitrogens with one attached hydrogen (secondary N) is 3. The molecule has 1 saturated carbocycles. The minimum atomic E-state index is -1.01. The highest BCUT2D eigenvalue weighted by Gasteiger charge is 2.45. The van der Waals surface area contributed by atoms with E-state index in [1.54, 1.807) is 36.5 Å². The highest BCUT2D eigenvalue weighted by Crippen LogP contribution is 2.31. The van der Waals surface area contributed by atoms with Crippen molar-refractivity contribution in [1.29, 1.82) is 0 Å². The van der Waals surface area contributed by atoms with Gasteiger partial charge in [-0.3, -0.25) is 43.7 Å². The number of imide groups is 2. The average molecular weight is 802 g/mol. The summed E-state index contributed by atoms with van der Waals surface area (Å²) in [6.07, 6.45) is 7.90. The van der Waals surface area contributed by atoms with Gasteiger partial charge < -0.3 is 30.3 Å². The summed E-state index contributed by atoms with van der Waals surface area (Å²) >= 11 is 0. The second-order valence-electron chi connectivity index (χ2n) is 13.9. The van der Waals surface area contributed by atoms with Gasteiger partial charge in [0.25, 0.3) is 23.6 Å². The first-order chi connectivity index (χ1) is 28.7. The van der Waals surface area contributed by atoms with Crippen molar-refractivity contribution in [3.05, 3.63) is 77.1 Å². The first-order valence-electron chi connectivity index (χ1n) is 19.0. The van der Waals surface area contributed by atoms with Gasteiger partial charge in [-0.05, 0) is 73.6 Å². The van der Waals surface area contributed by atoms with Gasteiger partial charge >= 0.3 is 0 Å². The van der Waals surface area contributed by atoms with Crippen LogP contribution >= 0.6 is 0 Å². The van der Waals surface area contributed by atoms with Crippen molar-refractivity contribution in [3.8, 4) is 35.1 Å². The fourth-order valence-electron chi connectivity index (χ4n) is 6.45. The number of aromatic nitrogens is 4. The molecule has 5 N–H and O–H groups in total. The summed E-state index contributed by atoms with van der Waals surface area (Å²) in [6.45, 7) is 1.99. The van der Waals surface area contributed by atoms with Gasteiger partial charge in [0.2, 0.25) is 17.7 Å². The molecule has 18 heteroatoms. The van der Waals surface area contributed by atoms with Crippen LogP contribution in [0, 0.1) is 29.6 Å². The van der Waals surface area contributed by atoms with E-state index in [9.17, 15) is 28.8 Å². The number of oxazole rings is 1. The molecule has 0 bridgehead atoms. The molecule has 6 amide bonds. The molecule has 1 aromatic carbocycles. The zero-order valence-corrected chi connectivity index (χ0v) is 31.7. The van der Waals surface area contributed by atoms with Crippen LogP contribution in [-0.4, -0.2) is 99.1 Å². The molecule has 59 heavy (non-hydrogen) atoms. The number of ether oxygens (including phenoxy) is 2. The molecule has 7 rings (SSSR count). The number of nitrogens with zero attached hydrogens (tertiary/aromatic N) is 5. The van der Waals surface area contributed by atoms with Gasteiger partial charge in [0.1, 0.15) is 31.3 Å². The zero-order chi connectivity index (χ0) is 41.3. The van der Waals surface area contributed by atoms with Crippen LogP contribution in [0.25, 0.3) is 11.5 Å². The molecule has 0 radical (unpaired) electrons. The van der Waals surface area contributed by atoms with E-state index in [4.69, 9.17) is 19.6 Å². The maximum absolute atomic E-state index is 13.2. The normalized spacial score (nSPS) is 15.8. The molecule has 2 aliphatic heterocycles. The molecule has 18 nitrogen and oxygen atoms in total. The number of nitrogens with two attached hydrogens (primary N) is 1. The lowest BCUT2D eigenvalue weighted by molar-refractivity contribution is -0.136. The molecule has 1 saturated heterocycles. The van der Waals surface area contributed by atoms with E-state index >= 15 is 0 Å². The van der Waals surface area contributed by atoms with E-state index in [1.165, 1.54) is 30.0 Å². The van der Waals surface area contributed by atoms with Crippen molar-refractivity contribution in [2.24, 2.45) is 11.7 Å². The molecule has 2 fully saturated rings. The number of amides is 6. The standard InChI is InChI=1S/C41H39N9O9/c42-36(52)35-29(45-37(53)30-24-59-39(46-30)27-14-15-43-32(21-27)44-22-25-10-11-25)23-49(48-35)16-3-1-2-4-17-57-19-20-58-18-6-8-26-7-5-9-28-34(26)41(56)50(40(28)55)31-12-13-33(51)47-38(31)54/h5,7,9,14-15,21,23-25,31H,6,8,10-13,16-20,22H2,(H2,42,52)(H,43,44)(H,45,53)(H,47,51,54). The third-order valence-corrected chi connectivity index (χ3v) is 9.57. The van der Waals surface area contributed by atoms with Crippen LogP contribution in [0.4, 0.5) is 11.5 Å². The smallest absolute Gasteiger partial charge is 0.277 e. The number of hydrogen-bond donors (Lipinski definition) is 4. The number of pyridine rings is 1. The van der Waals surface area contributed by atoms with Crippen LogP contribution < -0.4 is 21.7 Å². The molecule has 3 aromatic heterocycles. The fourth-order valence-corrected chi connectivity index (χ4v) is 6.45. The SMILES string of the molecule is NC(=O)c1nn(CC#CC#CCOCCOCCCc2cccc3c2C(=O)N(C2CCC(=O)NC2=O)C3=O)cc1NC(=O)c1coc(-c2ccnc(NCC3CC3)c2)n1. The van der Waals surface area contributed by atoms with Crippen LogP contribution in [0.15, 0.2) is 53.4 Å². The molecule has 0 spiro atoms. The summed E-state index contributed by atoms with van der Waals surface area (Å²) < 4.78 is 18.0. The molecular formula is C41H39N9O9. The second-order valence-corrected chi connectivity index (χ2v) is 13.9. The minimum absolute atomic E-state index is 0.0108. The van der Waals surface area contributed by atoms with Crippen molar-refractivity contribution in [2.75, 3.05) is 43.6 Å². The number of hydrogen-bond acceptors (Lipinski definition) is 13. The zero-order valence-electron chi connectivity index (χ0n) is 31.7. The number of primary amides is 1. The fraction of sp³-hybridized carbons (Fsp3) is 0.341. The Hall–Kier alpha value is -7.15. The Labute approximate surface area is 337 Å². The second kappa shape index (κ2) is 18.4. The Kier molecular flexibility index (Phi) is 12.5. The molecular weight excluding hydrogens is 763 g/mol. The van der Waals surface area contributed by atoms with Crippen molar-refractivity contribution in [3.63, 3.8) is 0 Å². The lowest BCUT2D eigenvalue weighted by atomic mass is 9.99. The number of fused-ring (bicyclic) bond motifs is 1. The largest absolute Gasteiger partial charge is 0.444 e. The predicted molar refractivity (Wildman–Crippen MR) is 208 cm³/mol. The van der Waals surface area contributed by atoms with Gasteiger partial charge in [0, 0.05) is 31.3 Å². The Morgan fingerprint density at radius 1 is 1.02 bits per heavy atom. The van der Waals surface area contributed by atoms with E-state index in [0.717, 1.165) is 11.4 Å². The van der Waals surface area contributed by atoms with Crippen LogP contribution in [0.3, 0.4) is 0 Å².